The number of amides is 1. The largest absolute Gasteiger partial charge is 0.432 e. The molecule has 0 aliphatic carbocycles. The van der Waals surface area contributed by atoms with Crippen LogP contribution >= 0.6 is 0 Å². The molecule has 1 aromatic carbocycles. The van der Waals surface area contributed by atoms with Gasteiger partial charge >= 0.3 is 0 Å². The van der Waals surface area contributed by atoms with E-state index in [1.54, 1.807) is 12.3 Å². The topological polar surface area (TPSA) is 114 Å². The molecule has 1 amide bonds. The molecule has 0 radical (unpaired) electrons. The molecule has 0 atom stereocenters. The van der Waals surface area contributed by atoms with Gasteiger partial charge < -0.3 is 24.1 Å². The van der Waals surface area contributed by atoms with Crippen molar-refractivity contribution < 1.29 is 18.7 Å². The average molecular weight is 465 g/mol. The molecule has 34 heavy (non-hydrogen) atoms. The number of nitrogens with one attached hydrogen (secondary N) is 2. The molecule has 3 aromatic rings. The molecule has 0 saturated carbocycles. The second kappa shape index (κ2) is 10.2. The fourth-order valence-corrected chi connectivity index (χ4v) is 4.10. The minimum absolute atomic E-state index is 0.0763. The minimum atomic E-state index is -0.259. The first kappa shape index (κ1) is 22.3. The second-order valence-corrected chi connectivity index (χ2v) is 8.44. The number of hydrogen-bond donors (Lipinski definition) is 2. The van der Waals surface area contributed by atoms with Gasteiger partial charge in [0.25, 0.3) is 5.91 Å². The third-order valence-electron chi connectivity index (χ3n) is 5.88. The molecule has 0 unspecified atom stereocenters. The second-order valence-electron chi connectivity index (χ2n) is 8.44. The molecule has 2 saturated heterocycles. The predicted molar refractivity (Wildman–Crippen MR) is 129 cm³/mol. The summed E-state index contributed by atoms with van der Waals surface area (Å²) in [5.41, 5.74) is 5.35. The summed E-state index contributed by atoms with van der Waals surface area (Å²) in [7, 11) is 0. The molecule has 0 spiro atoms. The number of morpholine rings is 1. The average Bonchev–Trinajstić information content (AvgIpc) is 3.29. The van der Waals surface area contributed by atoms with Crippen LogP contribution in [-0.2, 0) is 9.47 Å². The molecule has 5 rings (SSSR count). The number of ether oxygens (including phenoxy) is 2. The normalized spacial score (nSPS) is 17.4. The first-order valence-electron chi connectivity index (χ1n) is 11.5. The van der Waals surface area contributed by atoms with Gasteiger partial charge in [-0.25, -0.2) is 5.43 Å². The van der Waals surface area contributed by atoms with Crippen LogP contribution in [0.15, 0.2) is 39.9 Å². The fourth-order valence-electron chi connectivity index (χ4n) is 4.10. The summed E-state index contributed by atoms with van der Waals surface area (Å²) in [6.07, 6.45) is 3.29. The number of fused-ring (bicyclic) bond motifs is 1. The third-order valence-corrected chi connectivity index (χ3v) is 5.88. The number of carbonyl (C=O) groups is 1. The van der Waals surface area contributed by atoms with Crippen LogP contribution in [-0.4, -0.2) is 67.6 Å². The molecule has 4 heterocycles. The summed E-state index contributed by atoms with van der Waals surface area (Å²) in [5.74, 6) is 0.939. The van der Waals surface area contributed by atoms with E-state index in [0.29, 0.717) is 62.4 Å². The number of nitrogens with zero attached hydrogens (tertiary/aromatic N) is 4. The quantitative estimate of drug-likeness (QED) is 0.423. The number of aromatic nitrogens is 2. The van der Waals surface area contributed by atoms with Crippen molar-refractivity contribution in [3.05, 3.63) is 47.2 Å². The van der Waals surface area contributed by atoms with Crippen LogP contribution in [0, 0.1) is 6.92 Å². The van der Waals surface area contributed by atoms with Crippen molar-refractivity contribution >= 4 is 35.0 Å². The van der Waals surface area contributed by atoms with Crippen LogP contribution in [0.5, 0.6) is 0 Å². The standard InChI is InChI=1S/C24H28N6O4/c1-16-3-2-4-17(13-16)15-25-29-24-27-21(30-7-11-33-12-8-30)19-14-20(34-23(19)28-24)22(31)26-18-5-9-32-10-6-18/h2-4,13-15,18H,5-12H2,1H3,(H,26,31)(H,27,28,29)/b25-15+. The monoisotopic (exact) mass is 464 g/mol. The first-order chi connectivity index (χ1) is 16.7. The van der Waals surface area contributed by atoms with Crippen molar-refractivity contribution in [1.29, 1.82) is 0 Å². The number of rotatable bonds is 6. The molecule has 10 nitrogen and oxygen atoms in total. The molecule has 178 valence electrons. The van der Waals surface area contributed by atoms with Crippen molar-refractivity contribution in [1.82, 2.24) is 15.3 Å². The van der Waals surface area contributed by atoms with E-state index in [1.165, 1.54) is 0 Å². The van der Waals surface area contributed by atoms with E-state index in [4.69, 9.17) is 13.9 Å². The van der Waals surface area contributed by atoms with Gasteiger partial charge in [0.15, 0.2) is 5.76 Å². The van der Waals surface area contributed by atoms with Crippen LogP contribution in [0.25, 0.3) is 11.1 Å². The molecule has 2 aliphatic heterocycles. The number of hydrazone groups is 1. The fraction of sp³-hybridized carbons (Fsp3) is 0.417. The van der Waals surface area contributed by atoms with Crippen molar-refractivity contribution in [2.24, 2.45) is 5.10 Å². The first-order valence-corrected chi connectivity index (χ1v) is 11.5. The van der Waals surface area contributed by atoms with E-state index in [0.717, 1.165) is 24.0 Å². The Hall–Kier alpha value is -3.50. The SMILES string of the molecule is Cc1cccc(/C=N/Nc2nc(N3CCOCC3)c3cc(C(=O)NC4CCOCC4)oc3n2)c1. The zero-order valence-corrected chi connectivity index (χ0v) is 19.1. The lowest BCUT2D eigenvalue weighted by Gasteiger charge is -2.28. The number of hydrogen-bond acceptors (Lipinski definition) is 9. The van der Waals surface area contributed by atoms with Crippen LogP contribution in [0.1, 0.15) is 34.5 Å². The molecular formula is C24H28N6O4. The van der Waals surface area contributed by atoms with Gasteiger partial charge in [0, 0.05) is 38.4 Å². The summed E-state index contributed by atoms with van der Waals surface area (Å²) in [6.45, 7) is 5.91. The predicted octanol–water partition coefficient (Wildman–Crippen LogP) is 2.72. The van der Waals surface area contributed by atoms with E-state index in [-0.39, 0.29) is 17.7 Å². The van der Waals surface area contributed by atoms with E-state index < -0.39 is 0 Å². The van der Waals surface area contributed by atoms with Gasteiger partial charge in [-0.3, -0.25) is 4.79 Å². The van der Waals surface area contributed by atoms with E-state index in [1.807, 2.05) is 31.2 Å². The van der Waals surface area contributed by atoms with Gasteiger partial charge in [-0.05, 0) is 25.3 Å². The van der Waals surface area contributed by atoms with Crippen molar-refractivity contribution in [2.45, 2.75) is 25.8 Å². The summed E-state index contributed by atoms with van der Waals surface area (Å²) < 4.78 is 16.7. The van der Waals surface area contributed by atoms with Gasteiger partial charge in [0.05, 0.1) is 24.8 Å². The van der Waals surface area contributed by atoms with Gasteiger partial charge in [-0.1, -0.05) is 29.8 Å². The third kappa shape index (κ3) is 5.18. The Morgan fingerprint density at radius 1 is 1.12 bits per heavy atom. The van der Waals surface area contributed by atoms with Crippen molar-refractivity contribution in [3.63, 3.8) is 0 Å². The lowest BCUT2D eigenvalue weighted by Crippen LogP contribution is -2.38. The smallest absolute Gasteiger partial charge is 0.287 e. The molecule has 2 N–H and O–H groups in total. The van der Waals surface area contributed by atoms with Crippen LogP contribution < -0.4 is 15.6 Å². The highest BCUT2D eigenvalue weighted by Gasteiger charge is 2.24. The minimum Gasteiger partial charge on any atom is -0.432 e. The number of carbonyl (C=O) groups excluding carboxylic acids is 1. The Morgan fingerprint density at radius 3 is 2.71 bits per heavy atom. The summed E-state index contributed by atoms with van der Waals surface area (Å²) >= 11 is 0. The highest BCUT2D eigenvalue weighted by Crippen LogP contribution is 2.29. The van der Waals surface area contributed by atoms with E-state index >= 15 is 0 Å². The lowest BCUT2D eigenvalue weighted by atomic mass is 10.1. The van der Waals surface area contributed by atoms with Crippen LogP contribution in [0.3, 0.4) is 0 Å². The van der Waals surface area contributed by atoms with E-state index in [9.17, 15) is 4.79 Å². The Bertz CT molecular complexity index is 1180. The summed E-state index contributed by atoms with van der Waals surface area (Å²) in [4.78, 5) is 24.1. The summed E-state index contributed by atoms with van der Waals surface area (Å²) in [5, 5.41) is 8.01. The molecule has 2 fully saturated rings. The Labute approximate surface area is 197 Å². The summed E-state index contributed by atoms with van der Waals surface area (Å²) in [6, 6.07) is 9.80. The van der Waals surface area contributed by atoms with E-state index in [2.05, 4.69) is 30.7 Å². The zero-order valence-electron chi connectivity index (χ0n) is 19.1. The Kier molecular flexibility index (Phi) is 6.68. The highest BCUT2D eigenvalue weighted by molar-refractivity contribution is 5.98. The Morgan fingerprint density at radius 2 is 1.91 bits per heavy atom. The zero-order chi connectivity index (χ0) is 23.3. The lowest BCUT2D eigenvalue weighted by molar-refractivity contribution is 0.0684. The maximum atomic E-state index is 12.8. The number of benzene rings is 1. The van der Waals surface area contributed by atoms with Gasteiger partial charge in [0.1, 0.15) is 5.82 Å². The van der Waals surface area contributed by atoms with Crippen molar-refractivity contribution in [3.8, 4) is 0 Å². The molecule has 2 aliphatic rings. The molecule has 0 bridgehead atoms. The number of anilines is 2. The molecule has 10 heteroatoms. The number of aryl methyl sites for hydroxylation is 1. The Balaban J connectivity index is 1.41. The maximum Gasteiger partial charge on any atom is 0.287 e. The van der Waals surface area contributed by atoms with Gasteiger partial charge in [0.2, 0.25) is 11.7 Å². The molecular weight excluding hydrogens is 436 g/mol. The number of furan rings is 1. The van der Waals surface area contributed by atoms with Gasteiger partial charge in [-0.2, -0.15) is 15.1 Å². The van der Waals surface area contributed by atoms with Crippen LogP contribution in [0.4, 0.5) is 11.8 Å². The van der Waals surface area contributed by atoms with Crippen LogP contribution in [0.2, 0.25) is 0 Å². The van der Waals surface area contributed by atoms with Gasteiger partial charge in [-0.15, -0.1) is 0 Å². The highest BCUT2D eigenvalue weighted by atomic mass is 16.5. The maximum absolute atomic E-state index is 12.8. The molecule has 2 aromatic heterocycles. The van der Waals surface area contributed by atoms with Crippen molar-refractivity contribution in [2.75, 3.05) is 49.8 Å².